The second-order valence-electron chi connectivity index (χ2n) is 8.76. The summed E-state index contributed by atoms with van der Waals surface area (Å²) < 4.78 is 6.25. The van der Waals surface area contributed by atoms with Crippen LogP contribution in [0.5, 0.6) is 0 Å². The lowest BCUT2D eigenvalue weighted by molar-refractivity contribution is -0.0557. The van der Waals surface area contributed by atoms with E-state index in [-0.39, 0.29) is 5.56 Å². The average molecular weight is 356 g/mol. The van der Waals surface area contributed by atoms with Crippen molar-refractivity contribution in [2.24, 2.45) is 17.3 Å². The number of hydrogen-bond acceptors (Lipinski definition) is 2. The molecule has 1 aliphatic rings. The third-order valence-corrected chi connectivity index (χ3v) is 6.27. The van der Waals surface area contributed by atoms with Gasteiger partial charge in [-0.15, -0.1) is 0 Å². The highest BCUT2D eigenvalue weighted by molar-refractivity contribution is 5.78. The van der Waals surface area contributed by atoms with Gasteiger partial charge in [0, 0.05) is 18.2 Å². The largest absolute Gasteiger partial charge is 0.378 e. The van der Waals surface area contributed by atoms with Crippen LogP contribution in [0.25, 0.3) is 10.9 Å². The maximum Gasteiger partial charge on any atom is 0.248 e. The van der Waals surface area contributed by atoms with Crippen LogP contribution in [0.15, 0.2) is 35.1 Å². The van der Waals surface area contributed by atoms with Gasteiger partial charge in [0.25, 0.3) is 0 Å². The van der Waals surface area contributed by atoms with E-state index in [1.807, 2.05) is 6.07 Å². The molecule has 3 unspecified atom stereocenters. The van der Waals surface area contributed by atoms with Gasteiger partial charge in [-0.05, 0) is 66.0 Å². The molecular formula is C23H33NO2. The van der Waals surface area contributed by atoms with Crippen molar-refractivity contribution < 1.29 is 4.74 Å². The van der Waals surface area contributed by atoms with Gasteiger partial charge >= 0.3 is 0 Å². The summed E-state index contributed by atoms with van der Waals surface area (Å²) in [5.74, 6) is 1.55. The first-order valence-corrected chi connectivity index (χ1v) is 10.1. The third-order valence-electron chi connectivity index (χ3n) is 6.27. The van der Waals surface area contributed by atoms with Crippen LogP contribution >= 0.6 is 0 Å². The van der Waals surface area contributed by atoms with Crippen molar-refractivity contribution in [3.05, 3.63) is 46.2 Å². The Hall–Kier alpha value is -1.61. The van der Waals surface area contributed by atoms with Gasteiger partial charge in [-0.1, -0.05) is 46.2 Å². The number of hydrogen-bond donors (Lipinski definition) is 1. The van der Waals surface area contributed by atoms with Gasteiger partial charge in [0.1, 0.15) is 0 Å². The zero-order valence-corrected chi connectivity index (χ0v) is 16.7. The number of aryl methyl sites for hydroxylation is 1. The molecule has 3 rings (SSSR count). The summed E-state index contributed by atoms with van der Waals surface area (Å²) in [5.41, 5.74) is 2.51. The van der Waals surface area contributed by atoms with Crippen LogP contribution in [0.1, 0.15) is 58.9 Å². The Balaban J connectivity index is 1.50. The Labute approximate surface area is 157 Å². The maximum atomic E-state index is 11.5. The van der Waals surface area contributed by atoms with Crippen molar-refractivity contribution in [3.63, 3.8) is 0 Å². The number of rotatable bonds is 6. The van der Waals surface area contributed by atoms with Gasteiger partial charge in [-0.25, -0.2) is 0 Å². The SMILES string of the molecule is CCC1C(C)CC(OCCCc2ccc3ccc(=O)[nH]c3c2)CC1(C)C. The fraction of sp³-hybridized carbons (Fsp3) is 0.609. The Morgan fingerprint density at radius 3 is 2.73 bits per heavy atom. The highest BCUT2D eigenvalue weighted by atomic mass is 16.5. The average Bonchev–Trinajstić information content (AvgIpc) is 2.57. The Bertz CT molecular complexity index is 792. The minimum atomic E-state index is -0.0441. The van der Waals surface area contributed by atoms with Crippen LogP contribution in [0.3, 0.4) is 0 Å². The first-order valence-electron chi connectivity index (χ1n) is 10.1. The van der Waals surface area contributed by atoms with Crippen LogP contribution in [-0.2, 0) is 11.2 Å². The highest BCUT2D eigenvalue weighted by Gasteiger charge is 2.40. The lowest BCUT2D eigenvalue weighted by Gasteiger charge is -2.46. The Kier molecular flexibility index (Phi) is 5.86. The first kappa shape index (κ1) is 19.2. The van der Waals surface area contributed by atoms with E-state index in [1.165, 1.54) is 24.8 Å². The van der Waals surface area contributed by atoms with Gasteiger partial charge < -0.3 is 9.72 Å². The molecular weight excluding hydrogens is 322 g/mol. The van der Waals surface area contributed by atoms with Crippen LogP contribution in [0.4, 0.5) is 0 Å². The van der Waals surface area contributed by atoms with Gasteiger partial charge in [-0.3, -0.25) is 4.79 Å². The predicted octanol–water partition coefficient (Wildman–Crippen LogP) is 5.33. The second kappa shape index (κ2) is 7.96. The molecule has 1 saturated carbocycles. The molecule has 3 atom stereocenters. The molecule has 0 amide bonds. The molecule has 142 valence electrons. The van der Waals surface area contributed by atoms with Crippen LogP contribution < -0.4 is 5.56 Å². The molecule has 26 heavy (non-hydrogen) atoms. The van der Waals surface area contributed by atoms with E-state index in [0.29, 0.717) is 11.5 Å². The number of benzene rings is 1. The summed E-state index contributed by atoms with van der Waals surface area (Å²) in [6, 6.07) is 9.77. The van der Waals surface area contributed by atoms with Crippen LogP contribution in [0.2, 0.25) is 0 Å². The smallest absolute Gasteiger partial charge is 0.248 e. The molecule has 0 aliphatic heterocycles. The fourth-order valence-corrected chi connectivity index (χ4v) is 5.13. The Morgan fingerprint density at radius 1 is 1.23 bits per heavy atom. The van der Waals surface area contributed by atoms with Crippen molar-refractivity contribution in [2.45, 2.75) is 65.9 Å². The third kappa shape index (κ3) is 4.37. The number of fused-ring (bicyclic) bond motifs is 1. The predicted molar refractivity (Wildman–Crippen MR) is 109 cm³/mol. The summed E-state index contributed by atoms with van der Waals surface area (Å²) in [6.45, 7) is 10.3. The minimum absolute atomic E-state index is 0.0441. The zero-order chi connectivity index (χ0) is 18.7. The molecule has 0 spiro atoms. The van der Waals surface area contributed by atoms with Crippen molar-refractivity contribution in [3.8, 4) is 0 Å². The molecule has 1 heterocycles. The second-order valence-corrected chi connectivity index (χ2v) is 8.76. The molecule has 0 saturated heterocycles. The monoisotopic (exact) mass is 355 g/mol. The van der Waals surface area contributed by atoms with Crippen molar-refractivity contribution >= 4 is 10.9 Å². The number of H-pyrrole nitrogens is 1. The topological polar surface area (TPSA) is 42.1 Å². The van der Waals surface area contributed by atoms with Gasteiger partial charge in [0.2, 0.25) is 5.56 Å². The molecule has 1 aromatic heterocycles. The number of aromatic amines is 1. The van der Waals surface area contributed by atoms with Crippen molar-refractivity contribution in [1.29, 1.82) is 0 Å². The standard InChI is InChI=1S/C23H33NO2/c1-5-20-16(2)13-19(15-23(20,3)4)26-12-6-7-17-8-9-18-10-11-22(25)24-21(18)14-17/h8-11,14,16,19-20H,5-7,12-13,15H2,1-4H3,(H,24,25). The van der Waals surface area contributed by atoms with Crippen LogP contribution in [0, 0.1) is 17.3 Å². The highest BCUT2D eigenvalue weighted by Crippen LogP contribution is 2.46. The number of pyridine rings is 1. The quantitative estimate of drug-likeness (QED) is 0.712. The molecule has 0 radical (unpaired) electrons. The van der Waals surface area contributed by atoms with E-state index in [4.69, 9.17) is 4.74 Å². The van der Waals surface area contributed by atoms with Gasteiger partial charge in [-0.2, -0.15) is 0 Å². The minimum Gasteiger partial charge on any atom is -0.378 e. The molecule has 1 N–H and O–H groups in total. The van der Waals surface area contributed by atoms with E-state index >= 15 is 0 Å². The number of aromatic nitrogens is 1. The summed E-state index contributed by atoms with van der Waals surface area (Å²) in [5, 5.41) is 1.08. The molecule has 1 aliphatic carbocycles. The van der Waals surface area contributed by atoms with Crippen LogP contribution in [-0.4, -0.2) is 17.7 Å². The van der Waals surface area contributed by atoms with E-state index in [1.54, 1.807) is 6.07 Å². The first-order chi connectivity index (χ1) is 12.4. The van der Waals surface area contributed by atoms with E-state index < -0.39 is 0 Å². The van der Waals surface area contributed by atoms with Crippen molar-refractivity contribution in [1.82, 2.24) is 4.98 Å². The normalized spacial score (nSPS) is 25.5. The Morgan fingerprint density at radius 2 is 2.00 bits per heavy atom. The zero-order valence-electron chi connectivity index (χ0n) is 16.7. The van der Waals surface area contributed by atoms with E-state index in [2.05, 4.69) is 50.9 Å². The van der Waals surface area contributed by atoms with E-state index in [0.717, 1.165) is 42.2 Å². The number of nitrogens with one attached hydrogen (secondary N) is 1. The summed E-state index contributed by atoms with van der Waals surface area (Å²) in [6.07, 6.45) is 6.04. The molecule has 1 fully saturated rings. The lowest BCUT2D eigenvalue weighted by Crippen LogP contribution is -2.40. The molecule has 2 aromatic rings. The molecule has 1 aromatic carbocycles. The molecule has 0 bridgehead atoms. The maximum absolute atomic E-state index is 11.5. The summed E-state index contributed by atoms with van der Waals surface area (Å²) in [4.78, 5) is 14.4. The van der Waals surface area contributed by atoms with E-state index in [9.17, 15) is 4.79 Å². The molecule has 3 heteroatoms. The lowest BCUT2D eigenvalue weighted by atomic mass is 9.62. The van der Waals surface area contributed by atoms with Gasteiger partial charge in [0.05, 0.1) is 6.10 Å². The van der Waals surface area contributed by atoms with Crippen molar-refractivity contribution in [2.75, 3.05) is 6.61 Å². The summed E-state index contributed by atoms with van der Waals surface area (Å²) in [7, 11) is 0. The summed E-state index contributed by atoms with van der Waals surface area (Å²) >= 11 is 0. The fourth-order valence-electron chi connectivity index (χ4n) is 5.13. The molecule has 3 nitrogen and oxygen atoms in total. The number of ether oxygens (including phenoxy) is 1. The van der Waals surface area contributed by atoms with Gasteiger partial charge in [0.15, 0.2) is 0 Å².